The second kappa shape index (κ2) is 9.54. The largest absolute Gasteiger partial charge is 0.308 e. The fraction of sp³-hybridized carbons (Fsp3) is 0.312. The van der Waals surface area contributed by atoms with E-state index in [9.17, 15) is 0 Å². The second-order valence-corrected chi connectivity index (χ2v) is 4.85. The van der Waals surface area contributed by atoms with Gasteiger partial charge in [0.1, 0.15) is 0 Å². The summed E-state index contributed by atoms with van der Waals surface area (Å²) in [4.78, 5) is 6.32. The minimum atomic E-state index is 0.729. The molecule has 102 valence electrons. The van der Waals surface area contributed by atoms with Crippen LogP contribution in [0.1, 0.15) is 11.3 Å². The molecular weight excluding hydrogens is 256 g/mol. The Balaban J connectivity index is 0.000000258. The number of hydrogen-bond acceptors (Lipinski definition) is 2. The number of hydrogen-bond donors (Lipinski definition) is 0. The lowest BCUT2D eigenvalue weighted by molar-refractivity contribution is 0.436. The lowest BCUT2D eigenvalue weighted by atomic mass is 10.1. The summed E-state index contributed by atoms with van der Waals surface area (Å²) in [5.74, 6) is 0.729. The van der Waals surface area contributed by atoms with E-state index >= 15 is 0 Å². The van der Waals surface area contributed by atoms with E-state index in [2.05, 4.69) is 29.2 Å². The molecule has 1 aromatic heterocycles. The summed E-state index contributed by atoms with van der Waals surface area (Å²) >= 11 is 5.35. The highest BCUT2D eigenvalue weighted by Crippen LogP contribution is 2.05. The van der Waals surface area contributed by atoms with Crippen LogP contribution in [0.2, 0.25) is 0 Å². The van der Waals surface area contributed by atoms with E-state index in [0.29, 0.717) is 0 Å². The van der Waals surface area contributed by atoms with Gasteiger partial charge in [-0.3, -0.25) is 4.98 Å². The van der Waals surface area contributed by atoms with Gasteiger partial charge >= 0.3 is 0 Å². The van der Waals surface area contributed by atoms with E-state index in [-0.39, 0.29) is 0 Å². The van der Waals surface area contributed by atoms with Gasteiger partial charge in [-0.05, 0) is 31.8 Å². The normalized spacial score (nSPS) is 9.89. The molecule has 0 atom stereocenters. The van der Waals surface area contributed by atoms with Gasteiger partial charge in [0.05, 0.1) is 0 Å². The molecule has 0 amide bonds. The molecule has 0 aliphatic carbocycles. The minimum absolute atomic E-state index is 0.729. The Hall–Kier alpha value is -1.38. The topological polar surface area (TPSA) is 16.1 Å². The summed E-state index contributed by atoms with van der Waals surface area (Å²) < 4.78 is 0. The zero-order valence-electron chi connectivity index (χ0n) is 11.6. The first-order valence-electron chi connectivity index (χ1n) is 6.37. The first-order chi connectivity index (χ1) is 9.22. The fourth-order valence-electron chi connectivity index (χ4n) is 1.48. The molecule has 19 heavy (non-hydrogen) atoms. The molecule has 2 aromatic rings. The number of alkyl halides is 1. The molecule has 0 bridgehead atoms. The van der Waals surface area contributed by atoms with Crippen molar-refractivity contribution in [2.24, 2.45) is 0 Å². The summed E-state index contributed by atoms with van der Waals surface area (Å²) in [7, 11) is 4.00. The summed E-state index contributed by atoms with van der Waals surface area (Å²) in [5.41, 5.74) is 2.43. The van der Waals surface area contributed by atoms with Crippen LogP contribution in [-0.4, -0.2) is 36.4 Å². The monoisotopic (exact) mass is 276 g/mol. The molecule has 2 nitrogen and oxygen atoms in total. The van der Waals surface area contributed by atoms with Gasteiger partial charge < -0.3 is 4.90 Å². The molecule has 1 aromatic carbocycles. The molecule has 0 fully saturated rings. The Labute approximate surface area is 121 Å². The molecular formula is C16H21ClN2. The standard InChI is InChI=1S/C12H11N.C4H10ClN/c1-2-6-11(7-3-1)10-12-8-4-5-9-13-12;1-6(2)4-3-5/h1-9H,10H2;3-4H2,1-2H3. The van der Waals surface area contributed by atoms with Crippen LogP contribution in [0.5, 0.6) is 0 Å². The van der Waals surface area contributed by atoms with Crippen LogP contribution in [0.4, 0.5) is 0 Å². The first kappa shape index (κ1) is 15.7. The van der Waals surface area contributed by atoms with Crippen molar-refractivity contribution in [3.05, 3.63) is 66.0 Å². The first-order valence-corrected chi connectivity index (χ1v) is 6.90. The number of nitrogens with zero attached hydrogens (tertiary/aromatic N) is 2. The van der Waals surface area contributed by atoms with Gasteiger partial charge in [-0.2, -0.15) is 0 Å². The lowest BCUT2D eigenvalue weighted by Crippen LogP contribution is -2.13. The molecule has 1 heterocycles. The lowest BCUT2D eigenvalue weighted by Gasteiger charge is -2.02. The van der Waals surface area contributed by atoms with Crippen molar-refractivity contribution in [1.82, 2.24) is 9.88 Å². The smallest absolute Gasteiger partial charge is 0.0447 e. The maximum atomic E-state index is 5.35. The van der Waals surface area contributed by atoms with Gasteiger partial charge in [0.2, 0.25) is 0 Å². The van der Waals surface area contributed by atoms with Crippen LogP contribution < -0.4 is 0 Å². The van der Waals surface area contributed by atoms with Gasteiger partial charge in [-0.25, -0.2) is 0 Å². The maximum absolute atomic E-state index is 5.35. The molecule has 0 radical (unpaired) electrons. The van der Waals surface area contributed by atoms with E-state index in [4.69, 9.17) is 11.6 Å². The number of pyridine rings is 1. The third kappa shape index (κ3) is 7.60. The summed E-state index contributed by atoms with van der Waals surface area (Å²) in [6.45, 7) is 0.974. The van der Waals surface area contributed by atoms with Crippen LogP contribution in [0.25, 0.3) is 0 Å². The Morgan fingerprint density at radius 2 is 1.68 bits per heavy atom. The average Bonchev–Trinajstić information content (AvgIpc) is 2.41. The Morgan fingerprint density at radius 1 is 1.00 bits per heavy atom. The van der Waals surface area contributed by atoms with Crippen molar-refractivity contribution in [3.63, 3.8) is 0 Å². The third-order valence-corrected chi connectivity index (χ3v) is 2.65. The molecule has 0 aliphatic rings. The van der Waals surface area contributed by atoms with E-state index < -0.39 is 0 Å². The number of halogens is 1. The minimum Gasteiger partial charge on any atom is -0.308 e. The predicted molar refractivity (Wildman–Crippen MR) is 82.8 cm³/mol. The summed E-state index contributed by atoms with van der Waals surface area (Å²) in [6.07, 6.45) is 2.75. The van der Waals surface area contributed by atoms with E-state index in [1.807, 2.05) is 49.5 Å². The van der Waals surface area contributed by atoms with Crippen molar-refractivity contribution >= 4 is 11.6 Å². The van der Waals surface area contributed by atoms with Crippen molar-refractivity contribution < 1.29 is 0 Å². The van der Waals surface area contributed by atoms with Crippen LogP contribution in [-0.2, 0) is 6.42 Å². The average molecular weight is 277 g/mol. The molecule has 0 N–H and O–H groups in total. The molecule has 0 unspecified atom stereocenters. The quantitative estimate of drug-likeness (QED) is 0.795. The van der Waals surface area contributed by atoms with Crippen LogP contribution in [0, 0.1) is 0 Å². The van der Waals surface area contributed by atoms with E-state index in [1.165, 1.54) is 5.56 Å². The molecule has 3 heteroatoms. The molecule has 0 spiro atoms. The Bertz CT molecular complexity index is 392. The number of benzene rings is 1. The molecule has 2 rings (SSSR count). The highest BCUT2D eigenvalue weighted by atomic mass is 35.5. The fourth-order valence-corrected chi connectivity index (χ4v) is 1.81. The van der Waals surface area contributed by atoms with Gasteiger partial charge in [-0.1, -0.05) is 36.4 Å². The van der Waals surface area contributed by atoms with Crippen LogP contribution in [0.15, 0.2) is 54.7 Å². The predicted octanol–water partition coefficient (Wildman–Crippen LogP) is 3.46. The molecule has 0 saturated carbocycles. The zero-order chi connectivity index (χ0) is 13.9. The van der Waals surface area contributed by atoms with Crippen molar-refractivity contribution in [3.8, 4) is 0 Å². The maximum Gasteiger partial charge on any atom is 0.0447 e. The van der Waals surface area contributed by atoms with Gasteiger partial charge in [0.15, 0.2) is 0 Å². The van der Waals surface area contributed by atoms with Crippen molar-refractivity contribution in [1.29, 1.82) is 0 Å². The van der Waals surface area contributed by atoms with Crippen molar-refractivity contribution in [2.75, 3.05) is 26.5 Å². The Kier molecular flexibility index (Phi) is 7.87. The van der Waals surface area contributed by atoms with Gasteiger partial charge in [0, 0.05) is 30.7 Å². The Morgan fingerprint density at radius 3 is 2.16 bits per heavy atom. The zero-order valence-corrected chi connectivity index (χ0v) is 12.3. The van der Waals surface area contributed by atoms with Gasteiger partial charge in [-0.15, -0.1) is 11.6 Å². The highest BCUT2D eigenvalue weighted by Gasteiger charge is 1.94. The number of rotatable bonds is 4. The summed E-state index contributed by atoms with van der Waals surface area (Å²) in [5, 5.41) is 0. The van der Waals surface area contributed by atoms with E-state index in [0.717, 1.165) is 24.5 Å². The van der Waals surface area contributed by atoms with E-state index in [1.54, 1.807) is 0 Å². The number of aromatic nitrogens is 1. The van der Waals surface area contributed by atoms with Gasteiger partial charge in [0.25, 0.3) is 0 Å². The third-order valence-electron chi connectivity index (χ3n) is 2.49. The van der Waals surface area contributed by atoms with Crippen LogP contribution in [0.3, 0.4) is 0 Å². The van der Waals surface area contributed by atoms with Crippen LogP contribution >= 0.6 is 11.6 Å². The molecule has 0 saturated heterocycles. The summed E-state index contributed by atoms with van der Waals surface area (Å²) in [6, 6.07) is 16.4. The second-order valence-electron chi connectivity index (χ2n) is 4.48. The van der Waals surface area contributed by atoms with Crippen molar-refractivity contribution in [2.45, 2.75) is 6.42 Å². The molecule has 0 aliphatic heterocycles. The highest BCUT2D eigenvalue weighted by molar-refractivity contribution is 6.18. The SMILES string of the molecule is CN(C)CCCl.c1ccc(Cc2ccccn2)cc1.